The maximum Gasteiger partial charge on any atom is 0.164 e. The molecule has 0 fully saturated rings. The molecule has 7 aromatic carbocycles. The Hall–Kier alpha value is -6.59. The van der Waals surface area contributed by atoms with Crippen molar-refractivity contribution in [2.75, 3.05) is 0 Å². The van der Waals surface area contributed by atoms with Crippen LogP contribution in [0.4, 0.5) is 0 Å². The third kappa shape index (κ3) is 4.08. The Morgan fingerprint density at radius 3 is 1.62 bits per heavy atom. The van der Waals surface area contributed by atoms with Crippen LogP contribution in [-0.4, -0.2) is 15.0 Å². The molecule has 0 amide bonds. The van der Waals surface area contributed by atoms with E-state index in [0.717, 1.165) is 6.07 Å². The summed E-state index contributed by atoms with van der Waals surface area (Å²) in [5.41, 5.74) is -4.93. The van der Waals surface area contributed by atoms with E-state index in [0.29, 0.717) is 0 Å². The van der Waals surface area contributed by atoms with Gasteiger partial charge in [-0.1, -0.05) is 121 Å². The first-order chi connectivity index (χ1) is 33.8. The summed E-state index contributed by atoms with van der Waals surface area (Å²) in [4.78, 5) is 13.3. The van der Waals surface area contributed by atoms with Crippen LogP contribution < -0.4 is 0 Å². The van der Waals surface area contributed by atoms with Crippen LogP contribution in [0.1, 0.15) is 32.9 Å². The van der Waals surface area contributed by atoms with Crippen molar-refractivity contribution in [3.63, 3.8) is 0 Å². The first-order valence-electron chi connectivity index (χ1n) is 26.0. The topological polar surface area (TPSA) is 65.0 Å². The Morgan fingerprint density at radius 2 is 0.875 bits per heavy atom. The fraction of sp³-hybridized carbons (Fsp3) is 0. The summed E-state index contributed by atoms with van der Waals surface area (Å²) in [5, 5.41) is -2.71. The van der Waals surface area contributed by atoms with Crippen molar-refractivity contribution in [1.82, 2.24) is 15.0 Å². The quantitative estimate of drug-likeness (QED) is 0.192. The van der Waals surface area contributed by atoms with Gasteiger partial charge >= 0.3 is 0 Å². The highest BCUT2D eigenvalue weighted by Gasteiger charge is 2.20. The molecule has 0 bridgehead atoms. The lowest BCUT2D eigenvalue weighted by Crippen LogP contribution is -2.01. The lowest BCUT2D eigenvalue weighted by atomic mass is 9.92. The molecule has 10 rings (SSSR count). The maximum atomic E-state index is 9.69. The number of fused-ring (bicyclic) bond motifs is 7. The zero-order valence-corrected chi connectivity index (χ0v) is 23.7. The monoisotopic (exact) mass is 639 g/mol. The predicted molar refractivity (Wildman–Crippen MR) is 194 cm³/mol. The summed E-state index contributed by atoms with van der Waals surface area (Å²) >= 11 is 0. The maximum absolute atomic E-state index is 9.69. The molecule has 0 aliphatic rings. The lowest BCUT2D eigenvalue weighted by molar-refractivity contribution is 0.668. The number of hydrogen-bond donors (Lipinski definition) is 0. The Kier molecular flexibility index (Phi) is 2.66. The van der Waals surface area contributed by atoms with Gasteiger partial charge in [-0.3, -0.25) is 0 Å². The minimum Gasteiger partial charge on any atom is -0.456 e. The molecule has 5 heteroatoms. The van der Waals surface area contributed by atoms with Crippen molar-refractivity contribution < 1.29 is 41.7 Å². The van der Waals surface area contributed by atoms with E-state index in [2.05, 4.69) is 15.0 Å². The van der Waals surface area contributed by atoms with E-state index in [-0.39, 0.29) is 16.4 Å². The van der Waals surface area contributed by atoms with Crippen LogP contribution in [-0.2, 0) is 0 Å². The molecule has 5 nitrogen and oxygen atoms in total. The number of benzene rings is 7. The molecule has 0 spiro atoms. The second-order valence-electron chi connectivity index (χ2n) is 10.2. The van der Waals surface area contributed by atoms with Crippen molar-refractivity contribution in [3.05, 3.63) is 151 Å². The van der Waals surface area contributed by atoms with E-state index in [1.807, 2.05) is 0 Å². The molecule has 0 aliphatic heterocycles. The first kappa shape index (κ1) is 12.2. The van der Waals surface area contributed by atoms with Crippen LogP contribution in [0.15, 0.2) is 160 Å². The molecule has 0 unspecified atom stereocenters. The normalized spacial score (nSPS) is 18.8. The average Bonchev–Trinajstić information content (AvgIpc) is 3.94. The highest BCUT2D eigenvalue weighted by atomic mass is 16.3. The fourth-order valence-corrected chi connectivity index (χ4v) is 5.50. The van der Waals surface area contributed by atoms with E-state index in [1.165, 1.54) is 0 Å². The van der Waals surface area contributed by atoms with Crippen LogP contribution in [0.3, 0.4) is 0 Å². The number of nitrogens with zero attached hydrogens (tertiary/aromatic N) is 3. The summed E-state index contributed by atoms with van der Waals surface area (Å²) in [6, 6.07) is -18.4. The van der Waals surface area contributed by atoms with E-state index >= 15 is 0 Å². The van der Waals surface area contributed by atoms with Gasteiger partial charge in [0.05, 0.1) is 32.9 Å². The molecule has 0 saturated carbocycles. The van der Waals surface area contributed by atoms with Gasteiger partial charge < -0.3 is 8.83 Å². The molecule has 10 aromatic rings. The third-order valence-electron chi connectivity index (χ3n) is 7.52. The van der Waals surface area contributed by atoms with E-state index < -0.39 is 229 Å². The van der Waals surface area contributed by atoms with Crippen molar-refractivity contribution in [2.24, 2.45) is 0 Å². The van der Waals surface area contributed by atoms with Gasteiger partial charge in [0.25, 0.3) is 0 Å². The molecule has 0 saturated heterocycles. The summed E-state index contributed by atoms with van der Waals surface area (Å²) in [7, 11) is 0. The molecule has 224 valence electrons. The van der Waals surface area contributed by atoms with Gasteiger partial charge in [0.2, 0.25) is 0 Å². The number of hydrogen-bond acceptors (Lipinski definition) is 5. The summed E-state index contributed by atoms with van der Waals surface area (Å²) in [5.74, 6) is -2.42. The predicted octanol–water partition coefficient (Wildman–Crippen LogP) is 11.5. The van der Waals surface area contributed by atoms with Gasteiger partial charge in [0.15, 0.2) is 17.5 Å². The number of para-hydroxylation sites is 2. The molecular formula is C43H25N3O2. The molecule has 0 N–H and O–H groups in total. The van der Waals surface area contributed by atoms with Gasteiger partial charge in [-0.25, -0.2) is 15.0 Å². The smallest absolute Gasteiger partial charge is 0.164 e. The van der Waals surface area contributed by atoms with E-state index in [9.17, 15) is 8.22 Å². The second-order valence-corrected chi connectivity index (χ2v) is 10.2. The average molecular weight is 640 g/mol. The summed E-state index contributed by atoms with van der Waals surface area (Å²) in [6.07, 6.45) is 0. The van der Waals surface area contributed by atoms with Crippen molar-refractivity contribution in [3.8, 4) is 45.3 Å². The number of rotatable bonds is 4. The van der Waals surface area contributed by atoms with Gasteiger partial charge in [-0.05, 0) is 52.1 Å². The highest BCUT2D eigenvalue weighted by molar-refractivity contribution is 6.16. The Bertz CT molecular complexity index is 4200. The minimum atomic E-state index is -0.980. The first-order valence-corrected chi connectivity index (χ1v) is 14.0. The lowest BCUT2D eigenvalue weighted by Gasteiger charge is -2.14. The minimum absolute atomic E-state index is 0.278. The SMILES string of the molecule is [2H]c1cc2oc3c([2H])c([2H])c([2H])c([2H])c3c2c(-c2c([2H])c([2H])c(-c3nc(-c4c([2H])c([2H])c([2H])c([2H])c4[2H])nc(-c4c([2H])c([2H])c([2H])c5oc6c([2H])c([2H])c([2H])c([2H])c6c45)n3)c3c([2H])c([2H])c([2H])c([2H])c23)c1[2H]. The van der Waals surface area contributed by atoms with Gasteiger partial charge in [-0.15, -0.1) is 0 Å². The molecule has 48 heavy (non-hydrogen) atoms. The molecule has 3 aromatic heterocycles. The van der Waals surface area contributed by atoms with E-state index in [4.69, 9.17) is 33.5 Å². The van der Waals surface area contributed by atoms with Gasteiger partial charge in [0, 0.05) is 38.2 Å². The van der Waals surface area contributed by atoms with Crippen molar-refractivity contribution in [2.45, 2.75) is 0 Å². The van der Waals surface area contributed by atoms with Crippen molar-refractivity contribution in [1.29, 1.82) is 0 Å². The number of aromatic nitrogens is 3. The van der Waals surface area contributed by atoms with Crippen LogP contribution in [0, 0.1) is 0 Å². The molecule has 0 atom stereocenters. The fourth-order valence-electron chi connectivity index (χ4n) is 5.50. The number of furan rings is 2. The second kappa shape index (κ2) is 10.5. The van der Waals surface area contributed by atoms with Crippen molar-refractivity contribution >= 4 is 54.6 Å². The zero-order valence-electron chi connectivity index (χ0n) is 47.7. The van der Waals surface area contributed by atoms with Gasteiger partial charge in [-0.2, -0.15) is 0 Å². The van der Waals surface area contributed by atoms with Crippen LogP contribution >= 0.6 is 0 Å². The van der Waals surface area contributed by atoms with Crippen LogP contribution in [0.2, 0.25) is 0 Å². The highest BCUT2D eigenvalue weighted by Crippen LogP contribution is 2.42. The summed E-state index contributed by atoms with van der Waals surface area (Å²) in [6.45, 7) is 0. The Morgan fingerprint density at radius 1 is 0.354 bits per heavy atom. The third-order valence-corrected chi connectivity index (χ3v) is 7.52. The van der Waals surface area contributed by atoms with E-state index in [1.54, 1.807) is 0 Å². The van der Waals surface area contributed by atoms with Crippen LogP contribution in [0.5, 0.6) is 0 Å². The molecule has 3 heterocycles. The zero-order chi connectivity index (χ0) is 52.5. The Labute approximate surface area is 308 Å². The molecule has 0 aliphatic carbocycles. The Balaban J connectivity index is 1.44. The molecular weight excluding hydrogens is 590 g/mol. The largest absolute Gasteiger partial charge is 0.456 e. The van der Waals surface area contributed by atoms with Crippen LogP contribution in [0.25, 0.3) is 99.9 Å². The standard InChI is InChI=1S/C43H25N3O2/c1-2-12-26(13-3-1)41-44-42(46-43(45-41)34-19-11-23-38-40(34)33-17-7-9-21-36(33)48-38)31-25-24-29(27-14-4-5-15-28(27)31)30-18-10-22-37-39(30)32-16-6-8-20-35(32)47-37/h1-25H/i1D,2D,3D,4D,5D,6D,7D,8D,9D,10D,11D,12D,13D,14D,15D,16D,17D,18D,19D,20D,21D,23D,24D,25D. The van der Waals surface area contributed by atoms with Gasteiger partial charge in [0.1, 0.15) is 22.3 Å². The summed E-state index contributed by atoms with van der Waals surface area (Å²) < 4.78 is 223. The molecule has 0 radical (unpaired) electrons.